The largest absolute Gasteiger partial charge is 0.396 e. The number of ether oxygens (including phenoxy) is 2. The van der Waals surface area contributed by atoms with Gasteiger partial charge in [-0.15, -0.1) is 0 Å². The zero-order valence-corrected chi connectivity index (χ0v) is 13.2. The fourth-order valence-electron chi connectivity index (χ4n) is 3.91. The summed E-state index contributed by atoms with van der Waals surface area (Å²) in [5.74, 6) is 3.01. The molecule has 0 aromatic heterocycles. The van der Waals surface area contributed by atoms with Crippen LogP contribution in [-0.2, 0) is 9.47 Å². The van der Waals surface area contributed by atoms with Crippen molar-refractivity contribution in [2.45, 2.75) is 69.2 Å². The van der Waals surface area contributed by atoms with E-state index in [1.54, 1.807) is 0 Å². The van der Waals surface area contributed by atoms with Crippen molar-refractivity contribution in [3.8, 4) is 0 Å². The van der Waals surface area contributed by atoms with Crippen LogP contribution in [0.25, 0.3) is 0 Å². The van der Waals surface area contributed by atoms with Gasteiger partial charge in [0.2, 0.25) is 0 Å². The molecule has 3 nitrogen and oxygen atoms in total. The average Bonchev–Trinajstić information content (AvgIpc) is 2.49. The highest BCUT2D eigenvalue weighted by Crippen LogP contribution is 2.39. The summed E-state index contributed by atoms with van der Waals surface area (Å²) in [5, 5.41) is 9.21. The van der Waals surface area contributed by atoms with E-state index in [9.17, 15) is 5.11 Å². The third-order valence-electron chi connectivity index (χ3n) is 5.29. The first-order valence-corrected chi connectivity index (χ1v) is 9.43. The molecule has 1 spiro atoms. The molecule has 2 aliphatic heterocycles. The zero-order chi connectivity index (χ0) is 13.8. The van der Waals surface area contributed by atoms with Crippen molar-refractivity contribution >= 4 is 11.8 Å². The van der Waals surface area contributed by atoms with Crippen LogP contribution in [-0.4, -0.2) is 47.6 Å². The van der Waals surface area contributed by atoms with E-state index in [0.29, 0.717) is 24.7 Å². The van der Waals surface area contributed by atoms with Crippen molar-refractivity contribution in [1.82, 2.24) is 0 Å². The summed E-state index contributed by atoms with van der Waals surface area (Å²) in [5.41, 5.74) is 0.135. The van der Waals surface area contributed by atoms with Gasteiger partial charge >= 0.3 is 0 Å². The maximum atomic E-state index is 9.21. The molecule has 20 heavy (non-hydrogen) atoms. The molecule has 3 fully saturated rings. The van der Waals surface area contributed by atoms with Gasteiger partial charge in [0, 0.05) is 19.6 Å². The van der Waals surface area contributed by atoms with Crippen molar-refractivity contribution in [1.29, 1.82) is 0 Å². The third kappa shape index (κ3) is 3.70. The van der Waals surface area contributed by atoms with Gasteiger partial charge in [-0.1, -0.05) is 0 Å². The first-order chi connectivity index (χ1) is 9.80. The van der Waals surface area contributed by atoms with E-state index in [1.807, 2.05) is 0 Å². The van der Waals surface area contributed by atoms with Gasteiger partial charge in [0.05, 0.1) is 17.8 Å². The van der Waals surface area contributed by atoms with Gasteiger partial charge in [-0.3, -0.25) is 0 Å². The van der Waals surface area contributed by atoms with Gasteiger partial charge < -0.3 is 14.6 Å². The Labute approximate surface area is 126 Å². The molecule has 1 unspecified atom stereocenters. The molecule has 0 aromatic carbocycles. The Morgan fingerprint density at radius 1 is 1.05 bits per heavy atom. The van der Waals surface area contributed by atoms with Gasteiger partial charge in [0.1, 0.15) is 0 Å². The van der Waals surface area contributed by atoms with Crippen LogP contribution in [0.4, 0.5) is 0 Å². The summed E-state index contributed by atoms with van der Waals surface area (Å²) in [6, 6.07) is 0. The van der Waals surface area contributed by atoms with Gasteiger partial charge in [0.25, 0.3) is 0 Å². The first-order valence-electron chi connectivity index (χ1n) is 8.28. The fourth-order valence-corrected chi connectivity index (χ4v) is 5.15. The first kappa shape index (κ1) is 15.1. The van der Waals surface area contributed by atoms with E-state index >= 15 is 0 Å². The zero-order valence-electron chi connectivity index (χ0n) is 12.4. The Bertz CT molecular complexity index is 291. The lowest BCUT2D eigenvalue weighted by Crippen LogP contribution is -2.46. The van der Waals surface area contributed by atoms with E-state index in [2.05, 4.69) is 11.8 Å². The minimum Gasteiger partial charge on any atom is -0.396 e. The number of hydrogen-bond acceptors (Lipinski definition) is 4. The van der Waals surface area contributed by atoms with Crippen LogP contribution < -0.4 is 0 Å². The predicted octanol–water partition coefficient (Wildman–Crippen LogP) is 3.00. The molecule has 3 aliphatic rings. The standard InChI is InChI=1S/C16H28O3S/c17-12-13-1-3-14(4-2-13)19-15-5-8-18-16(11-15)6-9-20-10-7-16/h13-15,17H,1-12H2. The quantitative estimate of drug-likeness (QED) is 0.869. The Balaban J connectivity index is 1.48. The van der Waals surface area contributed by atoms with Gasteiger partial charge in [0.15, 0.2) is 0 Å². The second-order valence-corrected chi connectivity index (χ2v) is 7.94. The molecular weight excluding hydrogens is 272 g/mol. The molecule has 2 saturated heterocycles. The molecule has 1 N–H and O–H groups in total. The molecule has 0 bridgehead atoms. The molecule has 2 heterocycles. The van der Waals surface area contributed by atoms with Crippen LogP contribution in [0.5, 0.6) is 0 Å². The van der Waals surface area contributed by atoms with Crippen LogP contribution in [0.1, 0.15) is 51.4 Å². The lowest BCUT2D eigenvalue weighted by Gasteiger charge is -2.44. The molecule has 4 heteroatoms. The minimum absolute atomic E-state index is 0.135. The maximum Gasteiger partial charge on any atom is 0.0723 e. The maximum absolute atomic E-state index is 9.21. The van der Waals surface area contributed by atoms with E-state index < -0.39 is 0 Å². The summed E-state index contributed by atoms with van der Waals surface area (Å²) in [6.07, 6.45) is 9.93. The van der Waals surface area contributed by atoms with Crippen LogP contribution >= 0.6 is 11.8 Å². The molecule has 1 atom stereocenters. The highest BCUT2D eigenvalue weighted by atomic mass is 32.2. The topological polar surface area (TPSA) is 38.7 Å². The van der Waals surface area contributed by atoms with Crippen molar-refractivity contribution in [2.24, 2.45) is 5.92 Å². The smallest absolute Gasteiger partial charge is 0.0723 e. The molecule has 0 radical (unpaired) electrons. The van der Waals surface area contributed by atoms with Crippen LogP contribution in [0.3, 0.4) is 0 Å². The molecular formula is C16H28O3S. The van der Waals surface area contributed by atoms with E-state index in [1.165, 1.54) is 24.3 Å². The number of hydrogen-bond donors (Lipinski definition) is 1. The van der Waals surface area contributed by atoms with Crippen LogP contribution in [0, 0.1) is 5.92 Å². The summed E-state index contributed by atoms with van der Waals surface area (Å²) in [6.45, 7) is 1.23. The number of aliphatic hydroxyl groups excluding tert-OH is 1. The summed E-state index contributed by atoms with van der Waals surface area (Å²) >= 11 is 2.06. The highest BCUT2D eigenvalue weighted by Gasteiger charge is 2.40. The normalized spacial score (nSPS) is 38.0. The van der Waals surface area contributed by atoms with Crippen molar-refractivity contribution in [2.75, 3.05) is 24.7 Å². The lowest BCUT2D eigenvalue weighted by atomic mass is 9.85. The SMILES string of the molecule is OCC1CCC(OC2CCOC3(CCSCC3)C2)CC1. The van der Waals surface area contributed by atoms with Crippen molar-refractivity contribution in [3.63, 3.8) is 0 Å². The second-order valence-electron chi connectivity index (χ2n) is 6.72. The number of aliphatic hydroxyl groups is 1. The van der Waals surface area contributed by atoms with Gasteiger partial charge in [-0.2, -0.15) is 11.8 Å². The monoisotopic (exact) mass is 300 g/mol. The summed E-state index contributed by atoms with van der Waals surface area (Å²) in [7, 11) is 0. The Morgan fingerprint density at radius 3 is 2.50 bits per heavy atom. The predicted molar refractivity (Wildman–Crippen MR) is 82.2 cm³/mol. The van der Waals surface area contributed by atoms with Crippen LogP contribution in [0.15, 0.2) is 0 Å². The lowest BCUT2D eigenvalue weighted by molar-refractivity contribution is -0.155. The molecule has 0 amide bonds. The number of rotatable bonds is 3. The van der Waals surface area contributed by atoms with E-state index in [-0.39, 0.29) is 5.60 Å². The van der Waals surface area contributed by atoms with E-state index in [4.69, 9.17) is 9.47 Å². The van der Waals surface area contributed by atoms with Gasteiger partial charge in [-0.05, 0) is 62.4 Å². The molecule has 3 rings (SSSR count). The number of thioether (sulfide) groups is 1. The molecule has 116 valence electrons. The third-order valence-corrected chi connectivity index (χ3v) is 6.27. The summed E-state index contributed by atoms with van der Waals surface area (Å²) < 4.78 is 12.5. The fraction of sp³-hybridized carbons (Fsp3) is 1.00. The Morgan fingerprint density at radius 2 is 1.80 bits per heavy atom. The molecule has 0 aromatic rings. The minimum atomic E-state index is 0.135. The summed E-state index contributed by atoms with van der Waals surface area (Å²) in [4.78, 5) is 0. The Kier molecular flexibility index (Phi) is 5.29. The van der Waals surface area contributed by atoms with Crippen molar-refractivity contribution < 1.29 is 14.6 Å². The highest BCUT2D eigenvalue weighted by molar-refractivity contribution is 7.99. The van der Waals surface area contributed by atoms with Crippen LogP contribution in [0.2, 0.25) is 0 Å². The Hall–Kier alpha value is 0.230. The van der Waals surface area contributed by atoms with E-state index in [0.717, 1.165) is 45.1 Å². The second kappa shape index (κ2) is 6.99. The molecule has 1 saturated carbocycles. The van der Waals surface area contributed by atoms with Crippen molar-refractivity contribution in [3.05, 3.63) is 0 Å². The molecule has 1 aliphatic carbocycles. The van der Waals surface area contributed by atoms with Gasteiger partial charge in [-0.25, -0.2) is 0 Å². The average molecular weight is 300 g/mol.